The molecule has 1 rings (SSSR count). The molecule has 0 unspecified atom stereocenters. The Kier molecular flexibility index (Phi) is 8.26. The Morgan fingerprint density at radius 3 is 2.15 bits per heavy atom. The third-order valence-corrected chi connectivity index (χ3v) is 3.67. The number of ether oxygens (including phenoxy) is 1. The molecule has 0 aliphatic carbocycles. The van der Waals surface area contributed by atoms with Gasteiger partial charge in [0.2, 0.25) is 5.91 Å². The minimum absolute atomic E-state index is 0.137. The van der Waals surface area contributed by atoms with Crippen LogP contribution in [-0.2, 0) is 14.3 Å². The summed E-state index contributed by atoms with van der Waals surface area (Å²) in [7, 11) is 0. The van der Waals surface area contributed by atoms with E-state index in [1.54, 1.807) is 6.92 Å². The molecule has 0 radical (unpaired) electrons. The summed E-state index contributed by atoms with van der Waals surface area (Å²) in [5.74, 6) is -0.118. The van der Waals surface area contributed by atoms with E-state index in [1.165, 1.54) is 19.3 Å². The summed E-state index contributed by atoms with van der Waals surface area (Å²) in [5, 5.41) is 0. The number of hydrogen-bond donors (Lipinski definition) is 0. The van der Waals surface area contributed by atoms with E-state index in [2.05, 4.69) is 0 Å². The van der Waals surface area contributed by atoms with Gasteiger partial charge in [0.1, 0.15) is 0 Å². The van der Waals surface area contributed by atoms with Crippen LogP contribution in [0.4, 0.5) is 0 Å². The lowest BCUT2D eigenvalue weighted by molar-refractivity contribution is -0.145. The molecule has 0 atom stereocenters. The van der Waals surface area contributed by atoms with Gasteiger partial charge in [-0.05, 0) is 26.3 Å². The highest BCUT2D eigenvalue weighted by Gasteiger charge is 2.19. The minimum atomic E-state index is -0.255. The molecule has 5 heteroatoms. The van der Waals surface area contributed by atoms with Crippen LogP contribution < -0.4 is 0 Å². The van der Waals surface area contributed by atoms with Gasteiger partial charge < -0.3 is 9.64 Å². The van der Waals surface area contributed by atoms with E-state index in [-0.39, 0.29) is 18.4 Å². The van der Waals surface area contributed by atoms with Crippen molar-refractivity contribution in [1.29, 1.82) is 0 Å². The van der Waals surface area contributed by atoms with Crippen LogP contribution in [0.2, 0.25) is 0 Å². The average Bonchev–Trinajstić information content (AvgIpc) is 2.37. The maximum Gasteiger partial charge on any atom is 0.320 e. The number of likely N-dealkylation sites (N-methyl/N-ethyl adjacent to an activating group) is 1. The quantitative estimate of drug-likeness (QED) is 0.696. The number of carbonyl (C=O) groups excluding carboxylic acids is 2. The molecule has 1 heterocycles. The topological polar surface area (TPSA) is 49.9 Å². The van der Waals surface area contributed by atoms with Gasteiger partial charge in [-0.2, -0.15) is 0 Å². The van der Waals surface area contributed by atoms with E-state index in [4.69, 9.17) is 4.74 Å². The van der Waals surface area contributed by atoms with Gasteiger partial charge in [-0.15, -0.1) is 0 Å². The van der Waals surface area contributed by atoms with Gasteiger partial charge in [-0.1, -0.05) is 26.2 Å². The Hall–Kier alpha value is -1.10. The molecular formula is C15H28N2O3. The Bertz CT molecular complexity index is 299. The Balaban J connectivity index is 2.41. The van der Waals surface area contributed by atoms with E-state index < -0.39 is 0 Å². The predicted molar refractivity (Wildman–Crippen MR) is 78.4 cm³/mol. The first-order valence-electron chi connectivity index (χ1n) is 7.83. The van der Waals surface area contributed by atoms with Crippen molar-refractivity contribution in [1.82, 2.24) is 9.80 Å². The van der Waals surface area contributed by atoms with Gasteiger partial charge in [-0.25, -0.2) is 0 Å². The average molecular weight is 284 g/mol. The van der Waals surface area contributed by atoms with Crippen molar-refractivity contribution in [3.8, 4) is 0 Å². The smallest absolute Gasteiger partial charge is 0.320 e. The molecule has 116 valence electrons. The van der Waals surface area contributed by atoms with Crippen molar-refractivity contribution in [2.75, 3.05) is 39.3 Å². The molecule has 20 heavy (non-hydrogen) atoms. The summed E-state index contributed by atoms with van der Waals surface area (Å²) in [6.07, 6.45) is 5.89. The monoisotopic (exact) mass is 284 g/mol. The van der Waals surface area contributed by atoms with Crippen LogP contribution in [0.5, 0.6) is 0 Å². The summed E-state index contributed by atoms with van der Waals surface area (Å²) in [5.41, 5.74) is 0. The standard InChI is InChI=1S/C15H28N2O3/c1-3-16(13-15(19)20-4-2)12-14(18)17-10-8-6-5-7-9-11-17/h3-13H2,1-2H3. The van der Waals surface area contributed by atoms with E-state index in [0.29, 0.717) is 19.7 Å². The third kappa shape index (κ3) is 6.37. The van der Waals surface area contributed by atoms with Crippen molar-refractivity contribution in [2.24, 2.45) is 0 Å². The van der Waals surface area contributed by atoms with Gasteiger partial charge in [0, 0.05) is 13.1 Å². The van der Waals surface area contributed by atoms with Crippen LogP contribution in [0, 0.1) is 0 Å². The molecule has 1 aliphatic heterocycles. The molecule has 0 bridgehead atoms. The fourth-order valence-corrected chi connectivity index (χ4v) is 2.46. The molecule has 0 aromatic carbocycles. The van der Waals surface area contributed by atoms with Gasteiger partial charge in [-0.3, -0.25) is 14.5 Å². The van der Waals surface area contributed by atoms with Crippen molar-refractivity contribution in [3.05, 3.63) is 0 Å². The third-order valence-electron chi connectivity index (χ3n) is 3.67. The summed E-state index contributed by atoms with van der Waals surface area (Å²) < 4.78 is 4.93. The summed E-state index contributed by atoms with van der Waals surface area (Å²) in [4.78, 5) is 27.6. The Morgan fingerprint density at radius 1 is 1.00 bits per heavy atom. The summed E-state index contributed by atoms with van der Waals surface area (Å²) in [6.45, 7) is 7.04. The number of nitrogens with zero attached hydrogens (tertiary/aromatic N) is 2. The summed E-state index contributed by atoms with van der Waals surface area (Å²) in [6, 6.07) is 0. The van der Waals surface area contributed by atoms with Gasteiger partial charge in [0.25, 0.3) is 0 Å². The number of carbonyl (C=O) groups is 2. The molecular weight excluding hydrogens is 256 g/mol. The highest BCUT2D eigenvalue weighted by atomic mass is 16.5. The molecule has 5 nitrogen and oxygen atoms in total. The molecule has 1 aliphatic rings. The molecule has 1 saturated heterocycles. The zero-order valence-electron chi connectivity index (χ0n) is 12.9. The van der Waals surface area contributed by atoms with Crippen molar-refractivity contribution >= 4 is 11.9 Å². The fourth-order valence-electron chi connectivity index (χ4n) is 2.46. The largest absolute Gasteiger partial charge is 0.465 e. The number of likely N-dealkylation sites (tertiary alicyclic amines) is 1. The zero-order chi connectivity index (χ0) is 14.8. The molecule has 1 fully saturated rings. The van der Waals surface area contributed by atoms with Gasteiger partial charge in [0.05, 0.1) is 19.7 Å². The Labute approximate surface area is 122 Å². The second-order valence-electron chi connectivity index (χ2n) is 5.26. The van der Waals surface area contributed by atoms with Crippen LogP contribution in [0.15, 0.2) is 0 Å². The van der Waals surface area contributed by atoms with Crippen molar-refractivity contribution < 1.29 is 14.3 Å². The zero-order valence-corrected chi connectivity index (χ0v) is 12.9. The maximum atomic E-state index is 12.3. The van der Waals surface area contributed by atoms with Gasteiger partial charge in [0.15, 0.2) is 0 Å². The first-order valence-corrected chi connectivity index (χ1v) is 7.83. The second kappa shape index (κ2) is 9.75. The Morgan fingerprint density at radius 2 is 1.60 bits per heavy atom. The van der Waals surface area contributed by atoms with E-state index in [0.717, 1.165) is 25.9 Å². The number of amides is 1. The fraction of sp³-hybridized carbons (Fsp3) is 0.867. The second-order valence-corrected chi connectivity index (χ2v) is 5.26. The molecule has 0 spiro atoms. The molecule has 0 saturated carbocycles. The predicted octanol–water partition coefficient (Wildman–Crippen LogP) is 1.66. The molecule has 0 aromatic heterocycles. The van der Waals surface area contributed by atoms with Crippen molar-refractivity contribution in [3.63, 3.8) is 0 Å². The van der Waals surface area contributed by atoms with Crippen molar-refractivity contribution in [2.45, 2.75) is 46.0 Å². The number of rotatable bonds is 6. The van der Waals surface area contributed by atoms with E-state index in [9.17, 15) is 9.59 Å². The van der Waals surface area contributed by atoms with Crippen LogP contribution in [0.3, 0.4) is 0 Å². The lowest BCUT2D eigenvalue weighted by atomic mass is 10.1. The van der Waals surface area contributed by atoms with E-state index in [1.807, 2.05) is 16.7 Å². The maximum absolute atomic E-state index is 12.3. The highest BCUT2D eigenvalue weighted by Crippen LogP contribution is 2.10. The first-order chi connectivity index (χ1) is 9.67. The van der Waals surface area contributed by atoms with Crippen LogP contribution in [0.1, 0.15) is 46.0 Å². The molecule has 0 aromatic rings. The summed E-state index contributed by atoms with van der Waals surface area (Å²) >= 11 is 0. The van der Waals surface area contributed by atoms with Gasteiger partial charge >= 0.3 is 5.97 Å². The minimum Gasteiger partial charge on any atom is -0.465 e. The first kappa shape index (κ1) is 17.0. The molecule has 0 N–H and O–H groups in total. The van der Waals surface area contributed by atoms with Crippen LogP contribution >= 0.6 is 0 Å². The lowest BCUT2D eigenvalue weighted by Crippen LogP contribution is -2.43. The van der Waals surface area contributed by atoms with Crippen LogP contribution in [0.25, 0.3) is 0 Å². The lowest BCUT2D eigenvalue weighted by Gasteiger charge is -2.27. The van der Waals surface area contributed by atoms with E-state index >= 15 is 0 Å². The highest BCUT2D eigenvalue weighted by molar-refractivity contribution is 5.79. The normalized spacial score (nSPS) is 16.6. The number of esters is 1. The molecule has 1 amide bonds. The SMILES string of the molecule is CCOC(=O)CN(CC)CC(=O)N1CCCCCCC1. The number of hydrogen-bond acceptors (Lipinski definition) is 4. The van der Waals surface area contributed by atoms with Crippen LogP contribution in [-0.4, -0.2) is 61.0 Å².